The zero-order valence-corrected chi connectivity index (χ0v) is 15.5. The summed E-state index contributed by atoms with van der Waals surface area (Å²) in [6.07, 6.45) is 1.95. The first kappa shape index (κ1) is 20.2. The van der Waals surface area contributed by atoms with Crippen molar-refractivity contribution in [3.05, 3.63) is 35.9 Å². The van der Waals surface area contributed by atoms with Gasteiger partial charge < -0.3 is 21.5 Å². The molecule has 0 aliphatic carbocycles. The maximum absolute atomic E-state index is 11.0. The van der Waals surface area contributed by atoms with Gasteiger partial charge in [-0.3, -0.25) is 14.7 Å². The summed E-state index contributed by atoms with van der Waals surface area (Å²) in [5.74, 6) is 0.451. The summed E-state index contributed by atoms with van der Waals surface area (Å²) in [7, 11) is 0. The van der Waals surface area contributed by atoms with E-state index in [9.17, 15) is 9.90 Å². The number of hydrogen-bond acceptors (Lipinski definition) is 4. The SMILES string of the molecule is CCNC(=NCC(O)Cc1ccccc1)NC1CCN(CC(N)=O)CC1. The maximum atomic E-state index is 11.0. The van der Waals surface area contributed by atoms with Crippen LogP contribution in [-0.2, 0) is 11.2 Å². The van der Waals surface area contributed by atoms with E-state index in [-0.39, 0.29) is 5.91 Å². The number of benzene rings is 1. The van der Waals surface area contributed by atoms with E-state index in [4.69, 9.17) is 5.73 Å². The number of likely N-dealkylation sites (tertiary alicyclic amines) is 1. The fourth-order valence-corrected chi connectivity index (χ4v) is 3.12. The fraction of sp³-hybridized carbons (Fsp3) is 0.579. The van der Waals surface area contributed by atoms with Gasteiger partial charge in [-0.2, -0.15) is 0 Å². The van der Waals surface area contributed by atoms with Crippen molar-refractivity contribution in [3.63, 3.8) is 0 Å². The van der Waals surface area contributed by atoms with Crippen molar-refractivity contribution in [1.29, 1.82) is 0 Å². The third-order valence-corrected chi connectivity index (χ3v) is 4.43. The molecule has 1 amide bonds. The summed E-state index contributed by atoms with van der Waals surface area (Å²) in [5, 5.41) is 16.9. The van der Waals surface area contributed by atoms with E-state index in [1.807, 2.05) is 37.3 Å². The van der Waals surface area contributed by atoms with E-state index in [1.54, 1.807) is 0 Å². The lowest BCUT2D eigenvalue weighted by atomic mass is 10.1. The van der Waals surface area contributed by atoms with Gasteiger partial charge in [-0.1, -0.05) is 30.3 Å². The van der Waals surface area contributed by atoms with Crippen LogP contribution in [0.5, 0.6) is 0 Å². The van der Waals surface area contributed by atoms with E-state index < -0.39 is 6.10 Å². The Labute approximate surface area is 155 Å². The first-order chi connectivity index (χ1) is 12.6. The Morgan fingerprint density at radius 3 is 2.65 bits per heavy atom. The van der Waals surface area contributed by atoms with Gasteiger partial charge in [-0.15, -0.1) is 0 Å². The van der Waals surface area contributed by atoms with Crippen molar-refractivity contribution in [3.8, 4) is 0 Å². The number of nitrogens with two attached hydrogens (primary N) is 1. The highest BCUT2D eigenvalue weighted by Crippen LogP contribution is 2.10. The minimum atomic E-state index is -0.509. The molecule has 2 rings (SSSR count). The standard InChI is InChI=1S/C19H31N5O2/c1-2-21-19(22-13-17(25)12-15-6-4-3-5-7-15)23-16-8-10-24(11-9-16)14-18(20)26/h3-7,16-17,25H,2,8-14H2,1H3,(H2,20,26)(H2,21,22,23). The Morgan fingerprint density at radius 1 is 1.35 bits per heavy atom. The Morgan fingerprint density at radius 2 is 2.04 bits per heavy atom. The average molecular weight is 361 g/mol. The normalized spacial score (nSPS) is 17.7. The van der Waals surface area contributed by atoms with Gasteiger partial charge in [0.25, 0.3) is 0 Å². The summed E-state index contributed by atoms with van der Waals surface area (Å²) in [6, 6.07) is 10.2. The third kappa shape index (κ3) is 7.41. The number of aliphatic hydroxyl groups excluding tert-OH is 1. The molecule has 1 fully saturated rings. The van der Waals surface area contributed by atoms with Gasteiger partial charge in [0, 0.05) is 32.1 Å². The number of piperidine rings is 1. The molecule has 26 heavy (non-hydrogen) atoms. The second-order valence-corrected chi connectivity index (χ2v) is 6.72. The summed E-state index contributed by atoms with van der Waals surface area (Å²) in [6.45, 7) is 5.15. The molecule has 144 valence electrons. The van der Waals surface area contributed by atoms with Crippen molar-refractivity contribution in [2.24, 2.45) is 10.7 Å². The largest absolute Gasteiger partial charge is 0.391 e. The average Bonchev–Trinajstić information content (AvgIpc) is 2.62. The molecule has 0 aromatic heterocycles. The lowest BCUT2D eigenvalue weighted by molar-refractivity contribution is -0.119. The van der Waals surface area contributed by atoms with E-state index in [0.717, 1.165) is 44.0 Å². The predicted molar refractivity (Wildman–Crippen MR) is 104 cm³/mol. The van der Waals surface area contributed by atoms with Gasteiger partial charge in [0.05, 0.1) is 19.2 Å². The number of carbonyl (C=O) groups excluding carboxylic acids is 1. The Balaban J connectivity index is 1.80. The van der Waals surface area contributed by atoms with E-state index in [2.05, 4.69) is 20.5 Å². The lowest BCUT2D eigenvalue weighted by Crippen LogP contribution is -2.50. The molecule has 7 nitrogen and oxygen atoms in total. The molecule has 1 saturated heterocycles. The van der Waals surface area contributed by atoms with Crippen LogP contribution in [-0.4, -0.2) is 66.7 Å². The van der Waals surface area contributed by atoms with Gasteiger partial charge >= 0.3 is 0 Å². The number of primary amides is 1. The second kappa shape index (κ2) is 10.8. The summed E-state index contributed by atoms with van der Waals surface area (Å²) in [4.78, 5) is 17.6. The van der Waals surface area contributed by atoms with Gasteiger partial charge in [0.15, 0.2) is 5.96 Å². The fourth-order valence-electron chi connectivity index (χ4n) is 3.12. The van der Waals surface area contributed by atoms with Crippen molar-refractivity contribution >= 4 is 11.9 Å². The third-order valence-electron chi connectivity index (χ3n) is 4.43. The zero-order valence-electron chi connectivity index (χ0n) is 15.5. The lowest BCUT2D eigenvalue weighted by Gasteiger charge is -2.32. The molecule has 0 bridgehead atoms. The molecular formula is C19H31N5O2. The molecule has 7 heteroatoms. The van der Waals surface area contributed by atoms with Crippen molar-refractivity contribution in [2.45, 2.75) is 38.3 Å². The number of hydrogen-bond donors (Lipinski definition) is 4. The number of amides is 1. The van der Waals surface area contributed by atoms with Crippen LogP contribution >= 0.6 is 0 Å². The molecule has 1 aromatic carbocycles. The molecular weight excluding hydrogens is 330 g/mol. The van der Waals surface area contributed by atoms with Crippen molar-refractivity contribution in [2.75, 3.05) is 32.7 Å². The molecule has 1 unspecified atom stereocenters. The predicted octanol–water partition coefficient (Wildman–Crippen LogP) is 0.0948. The Bertz CT molecular complexity index is 571. The van der Waals surface area contributed by atoms with E-state index in [1.165, 1.54) is 0 Å². The van der Waals surface area contributed by atoms with Crippen LogP contribution in [0.4, 0.5) is 0 Å². The number of aliphatic imine (C=N–C) groups is 1. The minimum Gasteiger partial charge on any atom is -0.391 e. The molecule has 0 spiro atoms. The summed E-state index contributed by atoms with van der Waals surface area (Å²) >= 11 is 0. The quantitative estimate of drug-likeness (QED) is 0.388. The van der Waals surface area contributed by atoms with Crippen LogP contribution < -0.4 is 16.4 Å². The highest BCUT2D eigenvalue weighted by Gasteiger charge is 2.20. The number of nitrogens with one attached hydrogen (secondary N) is 2. The molecule has 1 aliphatic heterocycles. The zero-order chi connectivity index (χ0) is 18.8. The van der Waals surface area contributed by atoms with Crippen LogP contribution in [0.2, 0.25) is 0 Å². The minimum absolute atomic E-state index is 0.279. The number of carbonyl (C=O) groups is 1. The summed E-state index contributed by atoms with van der Waals surface area (Å²) < 4.78 is 0. The van der Waals surface area contributed by atoms with E-state index >= 15 is 0 Å². The van der Waals surface area contributed by atoms with Gasteiger partial charge in [-0.05, 0) is 25.3 Å². The first-order valence-corrected chi connectivity index (χ1v) is 9.34. The number of rotatable bonds is 8. The number of guanidine groups is 1. The van der Waals surface area contributed by atoms with Crippen LogP contribution in [0.1, 0.15) is 25.3 Å². The monoisotopic (exact) mass is 361 g/mol. The topological polar surface area (TPSA) is 103 Å². The molecule has 1 atom stereocenters. The van der Waals surface area contributed by atoms with Crippen LogP contribution in [0.25, 0.3) is 0 Å². The highest BCUT2D eigenvalue weighted by atomic mass is 16.3. The molecule has 0 radical (unpaired) electrons. The maximum Gasteiger partial charge on any atom is 0.231 e. The smallest absolute Gasteiger partial charge is 0.231 e. The molecule has 5 N–H and O–H groups in total. The Kier molecular flexibility index (Phi) is 8.37. The van der Waals surface area contributed by atoms with Gasteiger partial charge in [0.1, 0.15) is 0 Å². The van der Waals surface area contributed by atoms with E-state index in [0.29, 0.717) is 25.6 Å². The number of nitrogens with zero attached hydrogens (tertiary/aromatic N) is 2. The number of aliphatic hydroxyl groups is 1. The van der Waals surface area contributed by atoms with Gasteiger partial charge in [-0.25, -0.2) is 0 Å². The second-order valence-electron chi connectivity index (χ2n) is 6.72. The molecule has 1 aliphatic rings. The molecule has 1 aromatic rings. The molecule has 1 heterocycles. The highest BCUT2D eigenvalue weighted by molar-refractivity contribution is 5.80. The van der Waals surface area contributed by atoms with Gasteiger partial charge in [0.2, 0.25) is 5.91 Å². The van der Waals surface area contributed by atoms with Crippen LogP contribution in [0.3, 0.4) is 0 Å². The Hall–Kier alpha value is -2.12. The van der Waals surface area contributed by atoms with Crippen molar-refractivity contribution in [1.82, 2.24) is 15.5 Å². The molecule has 0 saturated carbocycles. The van der Waals surface area contributed by atoms with Crippen LogP contribution in [0, 0.1) is 0 Å². The van der Waals surface area contributed by atoms with Crippen LogP contribution in [0.15, 0.2) is 35.3 Å². The first-order valence-electron chi connectivity index (χ1n) is 9.34. The van der Waals surface area contributed by atoms with Crippen molar-refractivity contribution < 1.29 is 9.90 Å². The summed E-state index contributed by atoms with van der Waals surface area (Å²) in [5.41, 5.74) is 6.36.